The molecule has 0 saturated carbocycles. The predicted molar refractivity (Wildman–Crippen MR) is 158 cm³/mol. The quantitative estimate of drug-likeness (QED) is 0.312. The zero-order chi connectivity index (χ0) is 28.6. The first-order valence-electron chi connectivity index (χ1n) is 12.2. The molecule has 39 heavy (non-hydrogen) atoms. The van der Waals surface area contributed by atoms with Gasteiger partial charge in [-0.1, -0.05) is 70.0 Å². The van der Waals surface area contributed by atoms with E-state index in [2.05, 4.69) is 21.2 Å². The number of hydrogen-bond donors (Lipinski definition) is 1. The van der Waals surface area contributed by atoms with Crippen molar-refractivity contribution < 1.29 is 22.7 Å². The Labute approximate surface area is 243 Å². The van der Waals surface area contributed by atoms with Gasteiger partial charge in [0.2, 0.25) is 21.8 Å². The van der Waals surface area contributed by atoms with Crippen LogP contribution in [0.4, 0.5) is 5.69 Å². The maximum Gasteiger partial charge on any atom is 0.244 e. The number of sulfonamides is 1. The van der Waals surface area contributed by atoms with Crippen molar-refractivity contribution in [2.24, 2.45) is 0 Å². The fraction of sp³-hybridized carbons (Fsp3) is 0.286. The highest BCUT2D eigenvalue weighted by Gasteiger charge is 2.33. The van der Waals surface area contributed by atoms with Crippen LogP contribution in [0.15, 0.2) is 77.3 Å². The van der Waals surface area contributed by atoms with Gasteiger partial charge in [0, 0.05) is 29.0 Å². The molecule has 1 N–H and O–H groups in total. The molecule has 0 heterocycles. The largest absolute Gasteiger partial charge is 0.495 e. The Bertz CT molecular complexity index is 1410. The second kappa shape index (κ2) is 13.8. The van der Waals surface area contributed by atoms with E-state index in [1.165, 1.54) is 24.1 Å². The van der Waals surface area contributed by atoms with Crippen LogP contribution in [0.2, 0.25) is 5.02 Å². The van der Waals surface area contributed by atoms with Gasteiger partial charge in [0.15, 0.2) is 0 Å². The summed E-state index contributed by atoms with van der Waals surface area (Å²) in [6.07, 6.45) is 1.25. The third-order valence-electron chi connectivity index (χ3n) is 5.95. The van der Waals surface area contributed by atoms with E-state index in [9.17, 15) is 18.0 Å². The van der Waals surface area contributed by atoms with Crippen molar-refractivity contribution >= 4 is 55.1 Å². The molecule has 0 fully saturated rings. The molecule has 0 saturated heterocycles. The van der Waals surface area contributed by atoms with Crippen LogP contribution in [-0.4, -0.2) is 57.6 Å². The number of carbonyl (C=O) groups excluding carboxylic acids is 2. The van der Waals surface area contributed by atoms with E-state index in [0.717, 1.165) is 26.2 Å². The number of rotatable bonds is 12. The third-order valence-corrected chi connectivity index (χ3v) is 7.81. The number of anilines is 1. The van der Waals surface area contributed by atoms with Gasteiger partial charge in [0.1, 0.15) is 18.3 Å². The highest BCUT2D eigenvalue weighted by Crippen LogP contribution is 2.33. The molecule has 0 aromatic heterocycles. The summed E-state index contributed by atoms with van der Waals surface area (Å²) in [6.45, 7) is 1.69. The van der Waals surface area contributed by atoms with Crippen LogP contribution in [0.3, 0.4) is 0 Å². The molecule has 0 unspecified atom stereocenters. The molecule has 3 rings (SSSR count). The monoisotopic (exact) mass is 635 g/mol. The van der Waals surface area contributed by atoms with Crippen LogP contribution in [0.1, 0.15) is 18.1 Å². The van der Waals surface area contributed by atoms with Crippen LogP contribution < -0.4 is 14.4 Å². The Morgan fingerprint density at radius 3 is 2.33 bits per heavy atom. The Morgan fingerprint density at radius 1 is 1.03 bits per heavy atom. The Morgan fingerprint density at radius 2 is 1.72 bits per heavy atom. The summed E-state index contributed by atoms with van der Waals surface area (Å²) in [6, 6.07) is 20.4. The molecule has 3 aromatic rings. The van der Waals surface area contributed by atoms with E-state index < -0.39 is 28.5 Å². The molecule has 0 aliphatic heterocycles. The molecule has 2 amide bonds. The van der Waals surface area contributed by atoms with E-state index in [0.29, 0.717) is 6.54 Å². The van der Waals surface area contributed by atoms with E-state index in [-0.39, 0.29) is 35.3 Å². The molecular formula is C28H31BrClN3O5S. The highest BCUT2D eigenvalue weighted by molar-refractivity contribution is 9.10. The van der Waals surface area contributed by atoms with Gasteiger partial charge in [-0.15, -0.1) is 0 Å². The first-order chi connectivity index (χ1) is 18.5. The highest BCUT2D eigenvalue weighted by atomic mass is 79.9. The number of ether oxygens (including phenoxy) is 1. The smallest absolute Gasteiger partial charge is 0.244 e. The van der Waals surface area contributed by atoms with Crippen molar-refractivity contribution in [1.29, 1.82) is 0 Å². The Hall–Kier alpha value is -3.08. The summed E-state index contributed by atoms with van der Waals surface area (Å²) in [7, 11) is -2.55. The second-order valence-electron chi connectivity index (χ2n) is 8.84. The van der Waals surface area contributed by atoms with E-state index in [4.69, 9.17) is 16.3 Å². The van der Waals surface area contributed by atoms with Crippen molar-refractivity contribution in [3.63, 3.8) is 0 Å². The molecule has 0 aliphatic carbocycles. The number of likely N-dealkylation sites (N-methyl/N-ethyl adjacent to an activating group) is 1. The number of halogens is 2. The standard InChI is InChI=1S/C28H31BrClN3O5S/c1-4-31-28(35)25(16-20-9-6-5-7-10-20)32(18-21-11-8-12-22(29)15-21)27(34)19-33(39(3,36)37)24-17-23(30)13-14-26(24)38-2/h5-15,17,25H,4,16,18-19H2,1-3H3,(H,31,35)/t25-/m0/s1. The summed E-state index contributed by atoms with van der Waals surface area (Å²) in [4.78, 5) is 28.8. The number of nitrogens with zero attached hydrogens (tertiary/aromatic N) is 2. The lowest BCUT2D eigenvalue weighted by atomic mass is 10.0. The fourth-order valence-corrected chi connectivity index (χ4v) is 5.59. The molecule has 8 nitrogen and oxygen atoms in total. The second-order valence-corrected chi connectivity index (χ2v) is 12.1. The van der Waals surface area contributed by atoms with Gasteiger partial charge in [0.05, 0.1) is 19.1 Å². The predicted octanol–water partition coefficient (Wildman–Crippen LogP) is 4.65. The molecule has 3 aromatic carbocycles. The van der Waals surface area contributed by atoms with Gasteiger partial charge in [-0.25, -0.2) is 8.42 Å². The van der Waals surface area contributed by atoms with Crippen LogP contribution in [0.5, 0.6) is 5.75 Å². The number of nitrogens with one attached hydrogen (secondary N) is 1. The van der Waals surface area contributed by atoms with Crippen molar-refractivity contribution in [3.05, 3.63) is 93.4 Å². The van der Waals surface area contributed by atoms with E-state index >= 15 is 0 Å². The molecule has 0 spiro atoms. The van der Waals surface area contributed by atoms with Crippen LogP contribution in [0, 0.1) is 0 Å². The molecule has 208 valence electrons. The number of carbonyl (C=O) groups is 2. The van der Waals surface area contributed by atoms with Crippen LogP contribution in [-0.2, 0) is 32.6 Å². The molecule has 1 atom stereocenters. The number of methoxy groups -OCH3 is 1. The average Bonchev–Trinajstić information content (AvgIpc) is 2.89. The lowest BCUT2D eigenvalue weighted by molar-refractivity contribution is -0.140. The lowest BCUT2D eigenvalue weighted by Crippen LogP contribution is -2.53. The van der Waals surface area contributed by atoms with E-state index in [1.54, 1.807) is 13.0 Å². The number of amides is 2. The zero-order valence-corrected chi connectivity index (χ0v) is 25.1. The van der Waals surface area contributed by atoms with Crippen molar-refractivity contribution in [3.8, 4) is 5.75 Å². The van der Waals surface area contributed by atoms with Gasteiger partial charge < -0.3 is 15.0 Å². The zero-order valence-electron chi connectivity index (χ0n) is 21.9. The van der Waals surface area contributed by atoms with Gasteiger partial charge in [-0.05, 0) is 48.4 Å². The minimum Gasteiger partial charge on any atom is -0.495 e. The van der Waals surface area contributed by atoms with Gasteiger partial charge in [0.25, 0.3) is 0 Å². The summed E-state index contributed by atoms with van der Waals surface area (Å²) < 4.78 is 33.0. The Kier molecular flexibility index (Phi) is 10.8. The Balaban J connectivity index is 2.08. The topological polar surface area (TPSA) is 96.0 Å². The van der Waals surface area contributed by atoms with Gasteiger partial charge in [-0.2, -0.15) is 0 Å². The molecule has 11 heteroatoms. The SMILES string of the molecule is CCNC(=O)[C@H](Cc1ccccc1)N(Cc1cccc(Br)c1)C(=O)CN(c1cc(Cl)ccc1OC)S(C)(=O)=O. The summed E-state index contributed by atoms with van der Waals surface area (Å²) in [5.41, 5.74) is 1.75. The van der Waals surface area contributed by atoms with Crippen molar-refractivity contribution in [2.75, 3.05) is 30.8 Å². The van der Waals surface area contributed by atoms with Gasteiger partial charge >= 0.3 is 0 Å². The minimum absolute atomic E-state index is 0.0805. The normalized spacial score (nSPS) is 11.9. The number of benzene rings is 3. The maximum absolute atomic E-state index is 14.0. The van der Waals surface area contributed by atoms with Crippen molar-refractivity contribution in [2.45, 2.75) is 25.9 Å². The molecule has 0 bridgehead atoms. The minimum atomic E-state index is -3.95. The summed E-state index contributed by atoms with van der Waals surface area (Å²) in [5, 5.41) is 3.11. The van der Waals surface area contributed by atoms with Gasteiger partial charge in [-0.3, -0.25) is 13.9 Å². The summed E-state index contributed by atoms with van der Waals surface area (Å²) >= 11 is 9.63. The number of hydrogen-bond acceptors (Lipinski definition) is 5. The first kappa shape index (κ1) is 30.5. The molecular weight excluding hydrogens is 606 g/mol. The first-order valence-corrected chi connectivity index (χ1v) is 15.2. The molecule has 0 aliphatic rings. The average molecular weight is 637 g/mol. The third kappa shape index (κ3) is 8.45. The maximum atomic E-state index is 14.0. The lowest BCUT2D eigenvalue weighted by Gasteiger charge is -2.33. The van der Waals surface area contributed by atoms with Crippen LogP contribution in [0.25, 0.3) is 0 Å². The summed E-state index contributed by atoms with van der Waals surface area (Å²) in [5.74, 6) is -0.661. The van der Waals surface area contributed by atoms with E-state index in [1.807, 2.05) is 54.6 Å². The molecule has 0 radical (unpaired) electrons. The fourth-order valence-electron chi connectivity index (χ4n) is 4.13. The van der Waals surface area contributed by atoms with Crippen LogP contribution >= 0.6 is 27.5 Å². The van der Waals surface area contributed by atoms with Crippen molar-refractivity contribution in [1.82, 2.24) is 10.2 Å².